The predicted molar refractivity (Wildman–Crippen MR) is 177 cm³/mol. The van der Waals surface area contributed by atoms with Gasteiger partial charge < -0.3 is 35.3 Å². The Morgan fingerprint density at radius 1 is 0.745 bits per heavy atom. The Labute approximate surface area is 277 Å². The summed E-state index contributed by atoms with van der Waals surface area (Å²) in [6.45, 7) is 10.9. The highest BCUT2D eigenvalue weighted by Gasteiger charge is 2.32. The maximum Gasteiger partial charge on any atom is 0.407 e. The second-order valence-corrected chi connectivity index (χ2v) is 11.7. The molecule has 1 unspecified atom stereocenters. The summed E-state index contributed by atoms with van der Waals surface area (Å²) in [6.07, 6.45) is -2.36. The number of hydrogen-bond acceptors (Lipinski definition) is 9. The molecule has 5 N–H and O–H groups in total. The molecule has 47 heavy (non-hydrogen) atoms. The third-order valence-electron chi connectivity index (χ3n) is 7.29. The number of aliphatic hydroxyl groups is 1. The Morgan fingerprint density at radius 3 is 1.77 bits per heavy atom. The quantitative estimate of drug-likeness (QED) is 0.151. The van der Waals surface area contributed by atoms with E-state index in [4.69, 9.17) is 14.2 Å². The minimum atomic E-state index is -1.19. The van der Waals surface area contributed by atoms with Crippen molar-refractivity contribution < 1.29 is 38.5 Å². The number of nitrogens with one attached hydrogen (secondary N) is 4. The van der Waals surface area contributed by atoms with Crippen molar-refractivity contribution in [1.29, 1.82) is 0 Å². The van der Waals surface area contributed by atoms with E-state index >= 15 is 0 Å². The van der Waals surface area contributed by atoms with E-state index in [1.807, 2.05) is 42.5 Å². The minimum absolute atomic E-state index is 0.0998. The zero-order chi connectivity index (χ0) is 34.9. The van der Waals surface area contributed by atoms with Crippen LogP contribution >= 0.6 is 0 Å². The molecule has 2 aromatic rings. The van der Waals surface area contributed by atoms with Gasteiger partial charge in [0, 0.05) is 13.1 Å². The van der Waals surface area contributed by atoms with Crippen molar-refractivity contribution in [3.05, 3.63) is 65.7 Å². The molecule has 0 heterocycles. The molecule has 0 saturated carbocycles. The molecule has 0 aliphatic carbocycles. The minimum Gasteiger partial charge on any atom is -0.497 e. The number of ether oxygens (including phenoxy) is 3. The molecular weight excluding hydrogens is 606 g/mol. The van der Waals surface area contributed by atoms with Crippen LogP contribution in [0.15, 0.2) is 54.6 Å². The highest BCUT2D eigenvalue weighted by Crippen LogP contribution is 2.15. The number of benzene rings is 2. The first-order valence-electron chi connectivity index (χ1n) is 16.0. The third kappa shape index (κ3) is 13.5. The summed E-state index contributed by atoms with van der Waals surface area (Å²) in [4.78, 5) is 51.4. The normalized spacial score (nSPS) is 13.7. The number of amides is 4. The highest BCUT2D eigenvalue weighted by molar-refractivity contribution is 5.86. The first-order chi connectivity index (χ1) is 22.4. The molecule has 2 aromatic carbocycles. The molecule has 4 amide bonds. The first-order valence-corrected chi connectivity index (χ1v) is 16.0. The molecule has 0 fully saturated rings. The summed E-state index contributed by atoms with van der Waals surface area (Å²) >= 11 is 0. The zero-order valence-corrected chi connectivity index (χ0v) is 28.4. The molecular formula is C34H51N5O8. The van der Waals surface area contributed by atoms with E-state index in [-0.39, 0.29) is 44.6 Å². The number of nitrogens with zero attached hydrogens (tertiary/aromatic N) is 1. The van der Waals surface area contributed by atoms with Crippen molar-refractivity contribution in [1.82, 2.24) is 26.4 Å². The molecule has 4 atom stereocenters. The van der Waals surface area contributed by atoms with Crippen molar-refractivity contribution in [2.24, 2.45) is 11.8 Å². The van der Waals surface area contributed by atoms with Crippen LogP contribution in [-0.4, -0.2) is 85.2 Å². The Bertz CT molecular complexity index is 1260. The number of carbonyl (C=O) groups excluding carboxylic acids is 4. The standard InChI is InChI=1S/C34H51N5O8/c1-8-46-33(43)36-29(22(3)4)31(41)35-27(19-24-13-11-10-12-14-24)28(40)21-39(20-25-15-17-26(45-7)18-16-25)38-32(42)30(23(5)6)37-34(44)47-9-2/h10-18,22-23,27-30,40H,8-9,19-21H2,1-7H3,(H,35,41)(H,36,43)(H,37,44)(H,38,42)/t27?,28-,29-,30-/m0/s1. The highest BCUT2D eigenvalue weighted by atomic mass is 16.6. The summed E-state index contributed by atoms with van der Waals surface area (Å²) in [6, 6.07) is 13.9. The SMILES string of the molecule is CCOC(=O)N[C@H](C(=O)NC(Cc1ccccc1)[C@@H](O)CN(Cc1ccc(OC)cc1)NC(=O)[C@@H](NC(=O)OCC)C(C)C)C(C)C. The lowest BCUT2D eigenvalue weighted by Crippen LogP contribution is -2.59. The van der Waals surface area contributed by atoms with Crippen molar-refractivity contribution >= 4 is 24.0 Å². The van der Waals surface area contributed by atoms with Gasteiger partial charge in [-0.3, -0.25) is 15.0 Å². The number of hydrazine groups is 1. The third-order valence-corrected chi connectivity index (χ3v) is 7.29. The number of hydrogen-bond donors (Lipinski definition) is 5. The van der Waals surface area contributed by atoms with Gasteiger partial charge in [0.2, 0.25) is 5.91 Å². The summed E-state index contributed by atoms with van der Waals surface area (Å²) in [5, 5.41) is 21.4. The summed E-state index contributed by atoms with van der Waals surface area (Å²) < 4.78 is 15.2. The van der Waals surface area contributed by atoms with Crippen LogP contribution in [0.25, 0.3) is 0 Å². The van der Waals surface area contributed by atoms with Crippen LogP contribution in [-0.2, 0) is 32.0 Å². The molecule has 13 nitrogen and oxygen atoms in total. The van der Waals surface area contributed by atoms with E-state index < -0.39 is 48.2 Å². The maximum absolute atomic E-state index is 13.5. The van der Waals surface area contributed by atoms with Crippen LogP contribution in [0.4, 0.5) is 9.59 Å². The van der Waals surface area contributed by atoms with E-state index in [2.05, 4.69) is 21.4 Å². The summed E-state index contributed by atoms with van der Waals surface area (Å²) in [5.74, 6) is -0.894. The van der Waals surface area contributed by atoms with E-state index in [1.54, 1.807) is 60.8 Å². The lowest BCUT2D eigenvalue weighted by molar-refractivity contribution is -0.131. The van der Waals surface area contributed by atoms with Crippen LogP contribution in [0.5, 0.6) is 5.75 Å². The Hall–Kier alpha value is -4.36. The zero-order valence-electron chi connectivity index (χ0n) is 28.4. The van der Waals surface area contributed by atoms with Gasteiger partial charge in [-0.2, -0.15) is 0 Å². The van der Waals surface area contributed by atoms with Gasteiger partial charge >= 0.3 is 12.2 Å². The maximum atomic E-state index is 13.5. The van der Waals surface area contributed by atoms with E-state index in [9.17, 15) is 24.3 Å². The molecule has 0 radical (unpaired) electrons. The van der Waals surface area contributed by atoms with Gasteiger partial charge in [0.1, 0.15) is 17.8 Å². The molecule has 0 aliphatic heterocycles. The second kappa shape index (κ2) is 20.0. The molecule has 0 saturated heterocycles. The van der Waals surface area contributed by atoms with Crippen LogP contribution in [0.1, 0.15) is 52.7 Å². The topological polar surface area (TPSA) is 168 Å². The van der Waals surface area contributed by atoms with Crippen molar-refractivity contribution in [2.45, 2.75) is 78.7 Å². The largest absolute Gasteiger partial charge is 0.497 e. The average molecular weight is 658 g/mol. The summed E-state index contributed by atoms with van der Waals surface area (Å²) in [5.41, 5.74) is 4.52. The van der Waals surface area contributed by atoms with E-state index in [1.165, 1.54) is 5.01 Å². The molecule has 0 aliphatic rings. The lowest BCUT2D eigenvalue weighted by Gasteiger charge is -2.33. The average Bonchev–Trinajstić information content (AvgIpc) is 3.02. The number of alkyl carbamates (subject to hydrolysis) is 2. The monoisotopic (exact) mass is 657 g/mol. The Morgan fingerprint density at radius 2 is 1.28 bits per heavy atom. The van der Waals surface area contributed by atoms with Crippen LogP contribution in [0, 0.1) is 11.8 Å². The molecule has 13 heteroatoms. The van der Waals surface area contributed by atoms with Crippen LogP contribution < -0.4 is 26.1 Å². The fourth-order valence-electron chi connectivity index (χ4n) is 4.77. The fourth-order valence-corrected chi connectivity index (χ4v) is 4.77. The van der Waals surface area contributed by atoms with Gasteiger partial charge in [0.25, 0.3) is 5.91 Å². The van der Waals surface area contributed by atoms with Crippen molar-refractivity contribution in [3.63, 3.8) is 0 Å². The van der Waals surface area contributed by atoms with Gasteiger partial charge in [-0.1, -0.05) is 70.2 Å². The smallest absolute Gasteiger partial charge is 0.407 e. The molecule has 2 rings (SSSR count). The first kappa shape index (κ1) is 38.8. The molecule has 260 valence electrons. The van der Waals surface area contributed by atoms with Gasteiger partial charge in [-0.05, 0) is 55.4 Å². The van der Waals surface area contributed by atoms with Crippen LogP contribution in [0.3, 0.4) is 0 Å². The van der Waals surface area contributed by atoms with Gasteiger partial charge in [-0.25, -0.2) is 14.6 Å². The number of aliphatic hydroxyl groups excluding tert-OH is 1. The molecule has 0 bridgehead atoms. The predicted octanol–water partition coefficient (Wildman–Crippen LogP) is 3.16. The number of methoxy groups -OCH3 is 1. The fraction of sp³-hybridized carbons (Fsp3) is 0.529. The number of rotatable bonds is 18. The van der Waals surface area contributed by atoms with Gasteiger partial charge in [-0.15, -0.1) is 0 Å². The van der Waals surface area contributed by atoms with E-state index in [0.29, 0.717) is 5.75 Å². The van der Waals surface area contributed by atoms with E-state index in [0.717, 1.165) is 11.1 Å². The number of carbonyl (C=O) groups is 4. The lowest BCUT2D eigenvalue weighted by atomic mass is 9.98. The van der Waals surface area contributed by atoms with Crippen molar-refractivity contribution in [3.8, 4) is 5.75 Å². The van der Waals surface area contributed by atoms with Gasteiger partial charge in [0.05, 0.1) is 32.5 Å². The van der Waals surface area contributed by atoms with Crippen LogP contribution in [0.2, 0.25) is 0 Å². The second-order valence-electron chi connectivity index (χ2n) is 11.7. The molecule has 0 aromatic heterocycles. The molecule has 0 spiro atoms. The van der Waals surface area contributed by atoms with Crippen molar-refractivity contribution in [2.75, 3.05) is 26.9 Å². The van der Waals surface area contributed by atoms with Gasteiger partial charge in [0.15, 0.2) is 0 Å². The summed E-state index contributed by atoms with van der Waals surface area (Å²) in [7, 11) is 1.56. The Balaban J connectivity index is 2.38. The Kier molecular flexibility index (Phi) is 16.5.